The average molecular weight is 363 g/mol. The first kappa shape index (κ1) is 17.7. The fraction of sp³-hybridized carbons (Fsp3) is 0.923. The first-order chi connectivity index (χ1) is 9.22. The van der Waals surface area contributed by atoms with Gasteiger partial charge in [-0.25, -0.2) is 0 Å². The van der Waals surface area contributed by atoms with Crippen LogP contribution in [0.25, 0.3) is 0 Å². The lowest BCUT2D eigenvalue weighted by molar-refractivity contribution is -0.242. The quantitative estimate of drug-likeness (QED) is 0.393. The number of carbonyl (C=O) groups excluding carboxylic acids is 1. The van der Waals surface area contributed by atoms with Crippen LogP contribution in [0.3, 0.4) is 0 Å². The van der Waals surface area contributed by atoms with Crippen LogP contribution in [0.4, 0.5) is 17.6 Å². The number of rotatable bonds is 6. The topological polar surface area (TPSA) is 26.3 Å². The highest BCUT2D eigenvalue weighted by molar-refractivity contribution is 9.09. The number of ether oxygens (including phenoxy) is 1. The molecule has 0 aliphatic heterocycles. The Hall–Kier alpha value is -0.330. The molecular weight excluding hydrogens is 344 g/mol. The van der Waals surface area contributed by atoms with Crippen molar-refractivity contribution in [3.63, 3.8) is 0 Å². The molecule has 0 aromatic heterocycles. The number of esters is 1. The minimum Gasteiger partial charge on any atom is -0.466 e. The monoisotopic (exact) mass is 362 g/mol. The van der Waals surface area contributed by atoms with Gasteiger partial charge in [0.15, 0.2) is 0 Å². The van der Waals surface area contributed by atoms with Crippen LogP contribution in [0.1, 0.15) is 45.4 Å². The van der Waals surface area contributed by atoms with Crippen LogP contribution in [0.2, 0.25) is 0 Å². The molecule has 1 aliphatic rings. The molecule has 0 amide bonds. The third-order valence-electron chi connectivity index (χ3n) is 3.58. The Morgan fingerprint density at radius 3 is 2.40 bits per heavy atom. The van der Waals surface area contributed by atoms with Crippen molar-refractivity contribution in [3.05, 3.63) is 0 Å². The Morgan fingerprint density at radius 2 is 1.85 bits per heavy atom. The first-order valence-corrected chi connectivity index (χ1v) is 7.69. The standard InChI is InChI=1S/C13H19BrF4O2/c1-2-20-11(19)7-8-12(15,16)13(17,18)9-5-3-4-6-10(9)14/h9-10H,2-8H2,1H3. The molecule has 20 heavy (non-hydrogen) atoms. The lowest BCUT2D eigenvalue weighted by Gasteiger charge is -2.38. The molecule has 1 fully saturated rings. The SMILES string of the molecule is CCOC(=O)CCC(F)(F)C(F)(F)C1CCCCC1Br. The van der Waals surface area contributed by atoms with Crippen LogP contribution in [0.15, 0.2) is 0 Å². The molecule has 0 spiro atoms. The molecule has 0 heterocycles. The van der Waals surface area contributed by atoms with Gasteiger partial charge >= 0.3 is 17.8 Å². The van der Waals surface area contributed by atoms with Crippen molar-refractivity contribution >= 4 is 21.9 Å². The summed E-state index contributed by atoms with van der Waals surface area (Å²) in [4.78, 5) is 10.4. The summed E-state index contributed by atoms with van der Waals surface area (Å²) >= 11 is 3.08. The van der Waals surface area contributed by atoms with Crippen molar-refractivity contribution in [1.82, 2.24) is 0 Å². The van der Waals surface area contributed by atoms with E-state index >= 15 is 0 Å². The maximum Gasteiger partial charge on any atom is 0.314 e. The first-order valence-electron chi connectivity index (χ1n) is 6.77. The van der Waals surface area contributed by atoms with Crippen molar-refractivity contribution < 1.29 is 27.1 Å². The highest BCUT2D eigenvalue weighted by atomic mass is 79.9. The number of hydrogen-bond acceptors (Lipinski definition) is 2. The largest absolute Gasteiger partial charge is 0.466 e. The summed E-state index contributed by atoms with van der Waals surface area (Å²) in [5, 5.41) is 0. The molecule has 118 valence electrons. The van der Waals surface area contributed by atoms with Crippen LogP contribution in [-0.4, -0.2) is 29.2 Å². The minimum atomic E-state index is -4.20. The smallest absolute Gasteiger partial charge is 0.314 e. The highest BCUT2D eigenvalue weighted by Crippen LogP contribution is 2.49. The predicted molar refractivity (Wildman–Crippen MR) is 70.4 cm³/mol. The van der Waals surface area contributed by atoms with Gasteiger partial charge in [-0.1, -0.05) is 28.8 Å². The summed E-state index contributed by atoms with van der Waals surface area (Å²) in [5.41, 5.74) is 0. The van der Waals surface area contributed by atoms with Crippen LogP contribution in [-0.2, 0) is 9.53 Å². The number of halogens is 5. The number of hydrogen-bond donors (Lipinski definition) is 0. The fourth-order valence-corrected chi connectivity index (χ4v) is 3.34. The molecule has 0 aromatic carbocycles. The second-order valence-corrected chi connectivity index (χ2v) is 6.22. The molecule has 7 heteroatoms. The van der Waals surface area contributed by atoms with Crippen LogP contribution in [0.5, 0.6) is 0 Å². The van der Waals surface area contributed by atoms with Gasteiger partial charge in [-0.3, -0.25) is 4.79 Å². The zero-order chi connectivity index (χ0) is 15.4. The molecule has 1 saturated carbocycles. The molecule has 2 nitrogen and oxygen atoms in total. The number of alkyl halides is 5. The van der Waals surface area contributed by atoms with Crippen LogP contribution < -0.4 is 0 Å². The van der Waals surface area contributed by atoms with E-state index in [4.69, 9.17) is 0 Å². The molecule has 0 radical (unpaired) electrons. The van der Waals surface area contributed by atoms with Crippen molar-refractivity contribution in [2.75, 3.05) is 6.61 Å². The van der Waals surface area contributed by atoms with Crippen molar-refractivity contribution in [2.24, 2.45) is 5.92 Å². The third kappa shape index (κ3) is 4.09. The summed E-state index contributed by atoms with van der Waals surface area (Å²) in [7, 11) is 0. The van der Waals surface area contributed by atoms with E-state index in [9.17, 15) is 22.4 Å². The fourth-order valence-electron chi connectivity index (χ4n) is 2.42. The zero-order valence-corrected chi connectivity index (χ0v) is 12.9. The van der Waals surface area contributed by atoms with Gasteiger partial charge < -0.3 is 4.74 Å². The van der Waals surface area contributed by atoms with E-state index in [1.807, 2.05) is 0 Å². The van der Waals surface area contributed by atoms with E-state index in [1.165, 1.54) is 6.92 Å². The van der Waals surface area contributed by atoms with Gasteiger partial charge in [0.2, 0.25) is 0 Å². The lowest BCUT2D eigenvalue weighted by atomic mass is 9.81. The van der Waals surface area contributed by atoms with Crippen molar-refractivity contribution in [3.8, 4) is 0 Å². The lowest BCUT2D eigenvalue weighted by Crippen LogP contribution is -2.50. The van der Waals surface area contributed by atoms with E-state index in [0.717, 1.165) is 6.42 Å². The maximum absolute atomic E-state index is 14.0. The molecular formula is C13H19BrF4O2. The summed E-state index contributed by atoms with van der Waals surface area (Å²) < 4.78 is 60.1. The van der Waals surface area contributed by atoms with Crippen LogP contribution in [0, 0.1) is 5.92 Å². The van der Waals surface area contributed by atoms with E-state index in [0.29, 0.717) is 12.8 Å². The van der Waals surface area contributed by atoms with Crippen LogP contribution >= 0.6 is 15.9 Å². The molecule has 0 bridgehead atoms. The predicted octanol–water partition coefficient (Wildman–Crippen LogP) is 4.55. The van der Waals surface area contributed by atoms with Gasteiger partial charge in [-0.05, 0) is 19.8 Å². The van der Waals surface area contributed by atoms with E-state index in [2.05, 4.69) is 20.7 Å². The van der Waals surface area contributed by atoms with Gasteiger partial charge in [0, 0.05) is 17.2 Å². The molecule has 0 saturated heterocycles. The third-order valence-corrected chi connectivity index (χ3v) is 4.68. The van der Waals surface area contributed by atoms with Gasteiger partial charge in [0.25, 0.3) is 0 Å². The summed E-state index contributed by atoms with van der Waals surface area (Å²) in [6.07, 6.45) is -0.0650. The van der Waals surface area contributed by atoms with Gasteiger partial charge in [0.1, 0.15) is 0 Å². The van der Waals surface area contributed by atoms with Gasteiger partial charge in [-0.2, -0.15) is 17.6 Å². The zero-order valence-electron chi connectivity index (χ0n) is 11.3. The van der Waals surface area contributed by atoms with Gasteiger partial charge in [0.05, 0.1) is 13.0 Å². The maximum atomic E-state index is 14.0. The Bertz CT molecular complexity index is 336. The molecule has 2 unspecified atom stereocenters. The Kier molecular flexibility index (Phi) is 6.28. The van der Waals surface area contributed by atoms with E-state index < -0.39 is 41.4 Å². The van der Waals surface area contributed by atoms with Gasteiger partial charge in [-0.15, -0.1) is 0 Å². The summed E-state index contributed by atoms with van der Waals surface area (Å²) in [5.74, 6) is -10.6. The highest BCUT2D eigenvalue weighted by Gasteiger charge is 2.61. The molecule has 1 rings (SSSR count). The van der Waals surface area contributed by atoms with Crippen molar-refractivity contribution in [2.45, 2.75) is 62.1 Å². The molecule has 1 aliphatic carbocycles. The van der Waals surface area contributed by atoms with E-state index in [1.54, 1.807) is 0 Å². The van der Waals surface area contributed by atoms with Crippen molar-refractivity contribution in [1.29, 1.82) is 0 Å². The number of carbonyl (C=O) groups is 1. The average Bonchev–Trinajstić information content (AvgIpc) is 2.37. The molecule has 2 atom stereocenters. The Labute approximate surface area is 124 Å². The summed E-state index contributed by atoms with van der Waals surface area (Å²) in [6.45, 7) is 1.58. The second kappa shape index (κ2) is 7.09. The second-order valence-electron chi connectivity index (χ2n) is 5.04. The summed E-state index contributed by atoms with van der Waals surface area (Å²) in [6, 6.07) is 0. The van der Waals surface area contributed by atoms with E-state index in [-0.39, 0.29) is 13.0 Å². The normalized spacial score (nSPS) is 24.5. The molecule has 0 aromatic rings. The molecule has 0 N–H and O–H groups in total. The minimum absolute atomic E-state index is 0.0485. The Morgan fingerprint density at radius 1 is 1.25 bits per heavy atom. The Balaban J connectivity index is 2.69.